The number of amides is 1. The minimum Gasteiger partial charge on any atom is -0.436 e. The topological polar surface area (TPSA) is 99.8 Å². The summed E-state index contributed by atoms with van der Waals surface area (Å²) in [6.45, 7) is 1.61. The Balaban J connectivity index is 1.47. The fraction of sp³-hybridized carbons (Fsp3) is 0.185. The zero-order valence-electron chi connectivity index (χ0n) is 19.8. The molecule has 1 amide bonds. The van der Waals surface area contributed by atoms with Crippen LogP contribution in [-0.2, 0) is 0 Å². The highest BCUT2D eigenvalue weighted by Gasteiger charge is 2.20. The number of benzene rings is 3. The molecule has 4 rings (SSSR count). The van der Waals surface area contributed by atoms with Gasteiger partial charge in [0.25, 0.3) is 5.91 Å². The van der Waals surface area contributed by atoms with Gasteiger partial charge in [-0.05, 0) is 43.4 Å². The minimum absolute atomic E-state index is 0.0819. The van der Waals surface area contributed by atoms with Gasteiger partial charge in [-0.2, -0.15) is 0 Å². The highest BCUT2D eigenvalue weighted by Crippen LogP contribution is 2.27. The number of hydrogen-bond donors (Lipinski definition) is 2. The summed E-state index contributed by atoms with van der Waals surface area (Å²) >= 11 is 0. The van der Waals surface area contributed by atoms with Gasteiger partial charge in [-0.1, -0.05) is 30.3 Å². The van der Waals surface area contributed by atoms with Crippen LogP contribution in [0.3, 0.4) is 0 Å². The lowest BCUT2D eigenvalue weighted by Gasteiger charge is -2.22. The number of para-hydroxylation sites is 1. The molecule has 0 radical (unpaired) electrons. The van der Waals surface area contributed by atoms with Crippen molar-refractivity contribution in [1.82, 2.24) is 15.2 Å². The van der Waals surface area contributed by atoms with Crippen LogP contribution in [0.25, 0.3) is 22.6 Å². The summed E-state index contributed by atoms with van der Waals surface area (Å²) in [6.07, 6.45) is 2.26. The molecule has 0 aliphatic rings. The molecular formula is C27H26FN5O3. The Bertz CT molecular complexity index is 1370. The van der Waals surface area contributed by atoms with Crippen LogP contribution in [-0.4, -0.2) is 61.6 Å². The van der Waals surface area contributed by atoms with Gasteiger partial charge in [0, 0.05) is 42.0 Å². The number of halogens is 1. The third kappa shape index (κ3) is 5.81. The Morgan fingerprint density at radius 1 is 1.11 bits per heavy atom. The summed E-state index contributed by atoms with van der Waals surface area (Å²) in [4.78, 5) is 34.5. The minimum atomic E-state index is -0.619. The van der Waals surface area contributed by atoms with E-state index in [0.29, 0.717) is 43.3 Å². The van der Waals surface area contributed by atoms with E-state index in [0.717, 1.165) is 11.8 Å². The molecule has 0 bridgehead atoms. The summed E-state index contributed by atoms with van der Waals surface area (Å²) in [5.41, 5.74) is 2.35. The average molecular weight is 488 g/mol. The first-order valence-electron chi connectivity index (χ1n) is 11.5. The van der Waals surface area contributed by atoms with E-state index in [1.807, 2.05) is 36.4 Å². The Hall–Kier alpha value is -4.37. The van der Waals surface area contributed by atoms with Crippen molar-refractivity contribution in [2.75, 3.05) is 38.5 Å². The molecule has 0 aliphatic carbocycles. The second-order valence-corrected chi connectivity index (χ2v) is 7.97. The molecule has 0 aliphatic heterocycles. The molecule has 36 heavy (non-hydrogen) atoms. The van der Waals surface area contributed by atoms with Gasteiger partial charge in [0.2, 0.25) is 5.89 Å². The SMILES string of the molecule is CNCCN(CCN=CNc1ccccc1C=O)C(=O)c1cc(F)c2nc(-c3ccccc3)oc2c1. The molecular weight excluding hydrogens is 461 g/mol. The van der Waals surface area contributed by atoms with Crippen LogP contribution in [0.5, 0.6) is 0 Å². The van der Waals surface area contributed by atoms with Crippen molar-refractivity contribution in [2.45, 2.75) is 0 Å². The standard InChI is InChI=1S/C27H26FN5O3/c1-29-11-13-33(14-12-30-18-31-23-10-6-5-9-20(23)17-34)27(35)21-15-22(28)25-24(16-21)36-26(32-25)19-7-3-2-4-8-19/h2-10,15-18,29H,11-14H2,1H3,(H,30,31). The maximum Gasteiger partial charge on any atom is 0.254 e. The highest BCUT2D eigenvalue weighted by atomic mass is 19.1. The highest BCUT2D eigenvalue weighted by molar-refractivity contribution is 5.97. The Morgan fingerprint density at radius 3 is 2.67 bits per heavy atom. The third-order valence-corrected chi connectivity index (χ3v) is 5.53. The predicted molar refractivity (Wildman–Crippen MR) is 138 cm³/mol. The van der Waals surface area contributed by atoms with E-state index in [1.165, 1.54) is 18.5 Å². The molecule has 0 fully saturated rings. The van der Waals surface area contributed by atoms with E-state index >= 15 is 0 Å². The molecule has 8 nitrogen and oxygen atoms in total. The lowest BCUT2D eigenvalue weighted by atomic mass is 10.1. The number of carbonyl (C=O) groups is 2. The van der Waals surface area contributed by atoms with Crippen LogP contribution in [0.2, 0.25) is 0 Å². The molecule has 9 heteroatoms. The monoisotopic (exact) mass is 487 g/mol. The van der Waals surface area contributed by atoms with E-state index < -0.39 is 5.82 Å². The van der Waals surface area contributed by atoms with Crippen LogP contribution in [0.15, 0.2) is 76.1 Å². The first kappa shape index (κ1) is 24.7. The first-order chi connectivity index (χ1) is 17.6. The fourth-order valence-corrected chi connectivity index (χ4v) is 3.65. The van der Waals surface area contributed by atoms with Crippen molar-refractivity contribution in [2.24, 2.45) is 4.99 Å². The van der Waals surface area contributed by atoms with Gasteiger partial charge < -0.3 is 20.0 Å². The summed E-state index contributed by atoms with van der Waals surface area (Å²) in [7, 11) is 1.79. The molecule has 0 unspecified atom stereocenters. The number of aldehydes is 1. The summed E-state index contributed by atoms with van der Waals surface area (Å²) in [5.74, 6) is -0.663. The zero-order chi connectivity index (χ0) is 25.3. The van der Waals surface area contributed by atoms with Gasteiger partial charge in [0.15, 0.2) is 17.7 Å². The maximum absolute atomic E-state index is 14.9. The van der Waals surface area contributed by atoms with Crippen LogP contribution in [0.4, 0.5) is 10.1 Å². The third-order valence-electron chi connectivity index (χ3n) is 5.53. The van der Waals surface area contributed by atoms with Crippen molar-refractivity contribution in [3.63, 3.8) is 0 Å². The van der Waals surface area contributed by atoms with Gasteiger partial charge in [-0.15, -0.1) is 0 Å². The number of nitrogens with zero attached hydrogens (tertiary/aromatic N) is 3. The Labute approximate surface area is 207 Å². The first-order valence-corrected chi connectivity index (χ1v) is 11.5. The molecule has 4 aromatic rings. The number of anilines is 1. The van der Waals surface area contributed by atoms with E-state index in [2.05, 4.69) is 20.6 Å². The predicted octanol–water partition coefficient (Wildman–Crippen LogP) is 4.25. The van der Waals surface area contributed by atoms with Crippen LogP contribution in [0.1, 0.15) is 20.7 Å². The quantitative estimate of drug-likeness (QED) is 0.186. The molecule has 0 saturated carbocycles. The maximum atomic E-state index is 14.9. The number of aromatic nitrogens is 1. The lowest BCUT2D eigenvalue weighted by molar-refractivity contribution is 0.0762. The molecule has 184 valence electrons. The number of hydrogen-bond acceptors (Lipinski definition) is 6. The molecule has 1 heterocycles. The zero-order valence-corrected chi connectivity index (χ0v) is 19.8. The number of rotatable bonds is 11. The van der Waals surface area contributed by atoms with E-state index in [9.17, 15) is 14.0 Å². The second-order valence-electron chi connectivity index (χ2n) is 7.97. The lowest BCUT2D eigenvalue weighted by Crippen LogP contribution is -2.38. The molecule has 0 spiro atoms. The van der Waals surface area contributed by atoms with E-state index in [-0.39, 0.29) is 22.6 Å². The molecule has 2 N–H and O–H groups in total. The van der Waals surface area contributed by atoms with Crippen molar-refractivity contribution < 1.29 is 18.4 Å². The van der Waals surface area contributed by atoms with Gasteiger partial charge >= 0.3 is 0 Å². The molecule has 1 aromatic heterocycles. The van der Waals surface area contributed by atoms with Gasteiger partial charge in [0.1, 0.15) is 5.52 Å². The van der Waals surface area contributed by atoms with Crippen LogP contribution in [0, 0.1) is 5.82 Å². The summed E-state index contributed by atoms with van der Waals surface area (Å²) in [5, 5.41) is 6.00. The smallest absolute Gasteiger partial charge is 0.254 e. The second kappa shape index (κ2) is 11.9. The fourth-order valence-electron chi connectivity index (χ4n) is 3.65. The largest absolute Gasteiger partial charge is 0.436 e. The normalized spacial score (nSPS) is 11.2. The number of likely N-dealkylation sites (N-methyl/N-ethyl adjacent to an activating group) is 1. The van der Waals surface area contributed by atoms with Crippen LogP contribution < -0.4 is 10.6 Å². The molecule has 0 atom stereocenters. The Morgan fingerprint density at radius 2 is 1.89 bits per heavy atom. The van der Waals surface area contributed by atoms with Crippen molar-refractivity contribution in [3.05, 3.63) is 83.7 Å². The van der Waals surface area contributed by atoms with Gasteiger partial charge in [-0.25, -0.2) is 9.37 Å². The summed E-state index contributed by atoms with van der Waals surface area (Å²) < 4.78 is 20.6. The number of oxazole rings is 1. The van der Waals surface area contributed by atoms with Gasteiger partial charge in [0.05, 0.1) is 12.9 Å². The number of carbonyl (C=O) groups excluding carboxylic acids is 2. The van der Waals surface area contributed by atoms with Gasteiger partial charge in [-0.3, -0.25) is 14.6 Å². The Kier molecular flexibility index (Phi) is 8.15. The molecule has 0 saturated heterocycles. The van der Waals surface area contributed by atoms with E-state index in [4.69, 9.17) is 4.42 Å². The van der Waals surface area contributed by atoms with Crippen molar-refractivity contribution in [1.29, 1.82) is 0 Å². The molecule has 3 aromatic carbocycles. The number of fused-ring (bicyclic) bond motifs is 1. The summed E-state index contributed by atoms with van der Waals surface area (Å²) in [6, 6.07) is 19.0. The van der Waals surface area contributed by atoms with Crippen LogP contribution >= 0.6 is 0 Å². The number of nitrogens with one attached hydrogen (secondary N) is 2. The number of aliphatic imine (C=N–C) groups is 1. The van der Waals surface area contributed by atoms with Crippen molar-refractivity contribution >= 4 is 35.3 Å². The van der Waals surface area contributed by atoms with Crippen molar-refractivity contribution in [3.8, 4) is 11.5 Å². The average Bonchev–Trinajstić information content (AvgIpc) is 3.35. The van der Waals surface area contributed by atoms with E-state index in [1.54, 1.807) is 30.1 Å².